The van der Waals surface area contributed by atoms with Crippen LogP contribution in [0, 0.1) is 0 Å². The van der Waals surface area contributed by atoms with E-state index >= 15 is 0 Å². The summed E-state index contributed by atoms with van der Waals surface area (Å²) in [6, 6.07) is 10.5. The number of benzene rings is 1. The highest BCUT2D eigenvalue weighted by Crippen LogP contribution is 2.16. The number of anilines is 1. The molecule has 1 aromatic heterocycles. The van der Waals surface area contributed by atoms with Gasteiger partial charge in [-0.05, 0) is 43.3 Å². The molecule has 0 spiro atoms. The van der Waals surface area contributed by atoms with Gasteiger partial charge in [-0.3, -0.25) is 9.59 Å². The van der Waals surface area contributed by atoms with Gasteiger partial charge in [-0.1, -0.05) is 0 Å². The monoisotopic (exact) mass is 316 g/mol. The quantitative estimate of drug-likeness (QED) is 0.783. The lowest BCUT2D eigenvalue weighted by Gasteiger charge is -2.08. The minimum Gasteiger partial charge on any atom is -0.484 e. The maximum Gasteiger partial charge on any atom is 0.257 e. The first-order valence-electron chi connectivity index (χ1n) is 7.49. The zero-order chi connectivity index (χ0) is 16.5. The largest absolute Gasteiger partial charge is 0.484 e. The number of furan rings is 1. The van der Waals surface area contributed by atoms with Crippen molar-refractivity contribution in [2.45, 2.75) is 19.8 Å². The lowest BCUT2D eigenvalue weighted by Crippen LogP contribution is -2.28. The summed E-state index contributed by atoms with van der Waals surface area (Å²) in [6.45, 7) is 2.40. The van der Waals surface area contributed by atoms with Gasteiger partial charge in [-0.2, -0.15) is 0 Å². The van der Waals surface area contributed by atoms with Gasteiger partial charge < -0.3 is 19.8 Å². The van der Waals surface area contributed by atoms with Crippen molar-refractivity contribution in [3.63, 3.8) is 0 Å². The van der Waals surface area contributed by atoms with E-state index in [9.17, 15) is 9.59 Å². The summed E-state index contributed by atoms with van der Waals surface area (Å²) in [5, 5.41) is 5.45. The van der Waals surface area contributed by atoms with Crippen molar-refractivity contribution in [2.24, 2.45) is 0 Å². The third-order valence-corrected chi connectivity index (χ3v) is 3.06. The molecule has 0 aliphatic carbocycles. The minimum absolute atomic E-state index is 0.0251. The summed E-state index contributed by atoms with van der Waals surface area (Å²) in [5.74, 6) is 1.11. The van der Waals surface area contributed by atoms with Crippen LogP contribution >= 0.6 is 0 Å². The Labute approximate surface area is 134 Å². The first-order valence-corrected chi connectivity index (χ1v) is 7.49. The van der Waals surface area contributed by atoms with Gasteiger partial charge in [0.1, 0.15) is 11.5 Å². The van der Waals surface area contributed by atoms with Gasteiger partial charge in [0, 0.05) is 25.1 Å². The predicted molar refractivity (Wildman–Crippen MR) is 86.3 cm³/mol. The maximum absolute atomic E-state index is 11.8. The molecule has 2 amide bonds. The normalized spacial score (nSPS) is 10.1. The summed E-state index contributed by atoms with van der Waals surface area (Å²) in [4.78, 5) is 23.1. The Hall–Kier alpha value is -2.76. The zero-order valence-corrected chi connectivity index (χ0v) is 13.0. The second-order valence-corrected chi connectivity index (χ2v) is 4.89. The Balaban J connectivity index is 1.75. The lowest BCUT2D eigenvalue weighted by atomic mass is 10.2. The number of hydrogen-bond donors (Lipinski definition) is 2. The number of rotatable bonds is 8. The molecule has 0 unspecified atom stereocenters. The van der Waals surface area contributed by atoms with Gasteiger partial charge >= 0.3 is 0 Å². The van der Waals surface area contributed by atoms with Crippen LogP contribution < -0.4 is 15.4 Å². The standard InChI is InChI=1S/C17H20N2O4/c1-2-18-17(21)12-23-15-7-5-13(6-8-15)19-16(20)10-9-14-4-3-11-22-14/h3-8,11H,2,9-10,12H2,1H3,(H,18,21)(H,19,20). The topological polar surface area (TPSA) is 80.6 Å². The van der Waals surface area contributed by atoms with Crippen LogP contribution in [-0.4, -0.2) is 25.0 Å². The number of carbonyl (C=O) groups is 2. The highest BCUT2D eigenvalue weighted by Gasteiger charge is 2.05. The van der Waals surface area contributed by atoms with Gasteiger partial charge in [0.05, 0.1) is 6.26 Å². The fourth-order valence-corrected chi connectivity index (χ4v) is 1.95. The SMILES string of the molecule is CCNC(=O)COc1ccc(NC(=O)CCc2ccco2)cc1. The number of ether oxygens (including phenoxy) is 1. The number of hydrogen-bond acceptors (Lipinski definition) is 4. The van der Waals surface area contributed by atoms with Crippen molar-refractivity contribution in [2.75, 3.05) is 18.5 Å². The fraction of sp³-hybridized carbons (Fsp3) is 0.294. The summed E-state index contributed by atoms with van der Waals surface area (Å²) in [5.41, 5.74) is 0.680. The molecular formula is C17H20N2O4. The molecule has 6 heteroatoms. The molecule has 1 heterocycles. The van der Waals surface area contributed by atoms with Gasteiger partial charge in [-0.15, -0.1) is 0 Å². The van der Waals surface area contributed by atoms with E-state index in [1.807, 2.05) is 13.0 Å². The second kappa shape index (κ2) is 8.63. The van der Waals surface area contributed by atoms with E-state index in [1.165, 1.54) is 0 Å². The van der Waals surface area contributed by atoms with E-state index in [0.29, 0.717) is 30.8 Å². The molecule has 0 aliphatic rings. The number of carbonyl (C=O) groups excluding carboxylic acids is 2. The molecule has 0 saturated carbocycles. The van der Waals surface area contributed by atoms with Gasteiger partial charge in [0.15, 0.2) is 6.61 Å². The molecule has 1 aromatic carbocycles. The molecular weight excluding hydrogens is 296 g/mol. The fourth-order valence-electron chi connectivity index (χ4n) is 1.95. The van der Waals surface area contributed by atoms with Crippen LogP contribution in [0.3, 0.4) is 0 Å². The lowest BCUT2D eigenvalue weighted by molar-refractivity contribution is -0.123. The minimum atomic E-state index is -0.164. The smallest absolute Gasteiger partial charge is 0.257 e. The van der Waals surface area contributed by atoms with Gasteiger partial charge in [0.2, 0.25) is 5.91 Å². The Morgan fingerprint density at radius 2 is 1.91 bits per heavy atom. The highest BCUT2D eigenvalue weighted by atomic mass is 16.5. The predicted octanol–water partition coefficient (Wildman–Crippen LogP) is 2.37. The molecule has 6 nitrogen and oxygen atoms in total. The van der Waals surface area contributed by atoms with E-state index in [-0.39, 0.29) is 18.4 Å². The molecule has 0 bridgehead atoms. The summed E-state index contributed by atoms with van der Waals surface area (Å²) in [7, 11) is 0. The van der Waals surface area contributed by atoms with Crippen molar-refractivity contribution < 1.29 is 18.7 Å². The van der Waals surface area contributed by atoms with Crippen LogP contribution in [0.1, 0.15) is 19.1 Å². The van der Waals surface area contributed by atoms with E-state index in [2.05, 4.69) is 10.6 Å². The van der Waals surface area contributed by atoms with E-state index in [4.69, 9.17) is 9.15 Å². The number of aryl methyl sites for hydroxylation is 1. The van der Waals surface area contributed by atoms with Crippen molar-refractivity contribution in [3.8, 4) is 5.75 Å². The van der Waals surface area contributed by atoms with Crippen molar-refractivity contribution in [1.82, 2.24) is 5.32 Å². The van der Waals surface area contributed by atoms with Gasteiger partial charge in [0.25, 0.3) is 5.91 Å². The molecule has 0 radical (unpaired) electrons. The molecule has 2 N–H and O–H groups in total. The molecule has 2 aromatic rings. The van der Waals surface area contributed by atoms with E-state index in [0.717, 1.165) is 5.76 Å². The number of nitrogens with one attached hydrogen (secondary N) is 2. The zero-order valence-electron chi connectivity index (χ0n) is 13.0. The van der Waals surface area contributed by atoms with Crippen LogP contribution in [0.2, 0.25) is 0 Å². The van der Waals surface area contributed by atoms with E-state index < -0.39 is 0 Å². The Morgan fingerprint density at radius 3 is 2.57 bits per heavy atom. The van der Waals surface area contributed by atoms with Crippen molar-refractivity contribution >= 4 is 17.5 Å². The van der Waals surface area contributed by atoms with Crippen LogP contribution in [0.5, 0.6) is 5.75 Å². The molecule has 0 aliphatic heterocycles. The van der Waals surface area contributed by atoms with Crippen LogP contribution in [0.15, 0.2) is 47.1 Å². The van der Waals surface area contributed by atoms with Crippen molar-refractivity contribution in [3.05, 3.63) is 48.4 Å². The number of likely N-dealkylation sites (N-methyl/N-ethyl adjacent to an activating group) is 1. The second-order valence-electron chi connectivity index (χ2n) is 4.89. The van der Waals surface area contributed by atoms with Crippen molar-refractivity contribution in [1.29, 1.82) is 0 Å². The molecule has 2 rings (SSSR count). The molecule has 0 saturated heterocycles. The number of amides is 2. The Kier molecular flexibility index (Phi) is 6.23. The third-order valence-electron chi connectivity index (χ3n) is 3.06. The van der Waals surface area contributed by atoms with Crippen LogP contribution in [0.25, 0.3) is 0 Å². The third kappa shape index (κ3) is 5.86. The molecule has 0 fully saturated rings. The van der Waals surface area contributed by atoms with Gasteiger partial charge in [-0.25, -0.2) is 0 Å². The average Bonchev–Trinajstić information content (AvgIpc) is 3.06. The molecule has 0 atom stereocenters. The first-order chi connectivity index (χ1) is 11.2. The summed E-state index contributed by atoms with van der Waals surface area (Å²) < 4.78 is 10.5. The maximum atomic E-state index is 11.8. The first kappa shape index (κ1) is 16.6. The molecule has 23 heavy (non-hydrogen) atoms. The highest BCUT2D eigenvalue weighted by molar-refractivity contribution is 5.90. The van der Waals surface area contributed by atoms with E-state index in [1.54, 1.807) is 36.6 Å². The van der Waals surface area contributed by atoms with Crippen LogP contribution in [0.4, 0.5) is 5.69 Å². The van der Waals surface area contributed by atoms with Crippen LogP contribution in [-0.2, 0) is 16.0 Å². The average molecular weight is 316 g/mol. The summed E-state index contributed by atoms with van der Waals surface area (Å²) in [6.07, 6.45) is 2.50. The Bertz CT molecular complexity index is 621. The Morgan fingerprint density at radius 1 is 1.13 bits per heavy atom. The summed E-state index contributed by atoms with van der Waals surface area (Å²) >= 11 is 0. The molecule has 122 valence electrons.